The fourth-order valence-electron chi connectivity index (χ4n) is 4.50. The molecule has 2 N–H and O–H groups in total. The van der Waals surface area contributed by atoms with Crippen LogP contribution < -0.4 is 20.1 Å². The summed E-state index contributed by atoms with van der Waals surface area (Å²) in [5.74, 6) is 0.639. The first-order valence-electron chi connectivity index (χ1n) is 14.0. The number of ether oxygens (including phenoxy) is 2. The Balaban J connectivity index is 1.75. The van der Waals surface area contributed by atoms with Gasteiger partial charge in [-0.15, -0.1) is 0 Å². The van der Waals surface area contributed by atoms with Crippen molar-refractivity contribution < 1.29 is 19.1 Å². The minimum absolute atomic E-state index is 0.276. The van der Waals surface area contributed by atoms with Gasteiger partial charge in [0.15, 0.2) is 11.5 Å². The predicted octanol–water partition coefficient (Wildman–Crippen LogP) is 7.30. The molecule has 0 aliphatic carbocycles. The second kappa shape index (κ2) is 15.6. The molecule has 39 heavy (non-hydrogen) atoms. The molecule has 208 valence electrons. The number of unbranched alkanes of at least 4 members (excludes halogenated alkanes) is 6. The van der Waals surface area contributed by atoms with Gasteiger partial charge in [0.25, 0.3) is 11.8 Å². The van der Waals surface area contributed by atoms with Crippen LogP contribution in [0.2, 0.25) is 0 Å². The second-order valence-electron chi connectivity index (χ2n) is 9.89. The summed E-state index contributed by atoms with van der Waals surface area (Å²) in [5, 5.41) is 5.99. The highest BCUT2D eigenvalue weighted by atomic mass is 16.5. The summed E-state index contributed by atoms with van der Waals surface area (Å²) in [6.45, 7) is 6.61. The van der Waals surface area contributed by atoms with Crippen LogP contribution in [0.5, 0.6) is 11.5 Å². The van der Waals surface area contributed by atoms with Crippen LogP contribution >= 0.6 is 0 Å². The SMILES string of the molecule is CCCCCCCCCOc1ccc(C(NC(=O)c2ccccc2C)NC(=O)c2ccccc2C)cc1OC. The number of carbonyl (C=O) groups is 2. The van der Waals surface area contributed by atoms with Crippen molar-refractivity contribution in [3.05, 3.63) is 94.5 Å². The van der Waals surface area contributed by atoms with Gasteiger partial charge in [-0.3, -0.25) is 9.59 Å². The van der Waals surface area contributed by atoms with E-state index in [-0.39, 0.29) is 11.8 Å². The highest BCUT2D eigenvalue weighted by molar-refractivity contribution is 5.98. The van der Waals surface area contributed by atoms with Crippen LogP contribution in [0.1, 0.15) is 95.4 Å². The Morgan fingerprint density at radius 3 is 1.79 bits per heavy atom. The number of amides is 2. The Morgan fingerprint density at radius 1 is 0.718 bits per heavy atom. The predicted molar refractivity (Wildman–Crippen MR) is 157 cm³/mol. The van der Waals surface area contributed by atoms with Crippen molar-refractivity contribution in [3.63, 3.8) is 0 Å². The molecule has 0 aliphatic rings. The van der Waals surface area contributed by atoms with Gasteiger partial charge in [0, 0.05) is 11.1 Å². The van der Waals surface area contributed by atoms with Crippen LogP contribution in [0, 0.1) is 13.8 Å². The quantitative estimate of drug-likeness (QED) is 0.160. The molecule has 0 saturated heterocycles. The Morgan fingerprint density at radius 2 is 1.26 bits per heavy atom. The molecule has 0 aromatic heterocycles. The largest absolute Gasteiger partial charge is 0.493 e. The number of methoxy groups -OCH3 is 1. The first-order valence-corrected chi connectivity index (χ1v) is 14.0. The fraction of sp³-hybridized carbons (Fsp3) is 0.394. The van der Waals surface area contributed by atoms with Crippen LogP contribution in [-0.2, 0) is 0 Å². The molecule has 3 rings (SSSR count). The zero-order valence-corrected chi connectivity index (χ0v) is 23.7. The van der Waals surface area contributed by atoms with Crippen molar-refractivity contribution in [2.45, 2.75) is 71.9 Å². The third kappa shape index (κ3) is 8.88. The second-order valence-corrected chi connectivity index (χ2v) is 9.89. The first-order chi connectivity index (χ1) is 18.9. The van der Waals surface area contributed by atoms with Gasteiger partial charge >= 0.3 is 0 Å². The van der Waals surface area contributed by atoms with E-state index < -0.39 is 6.17 Å². The summed E-state index contributed by atoms with van der Waals surface area (Å²) >= 11 is 0. The summed E-state index contributed by atoms with van der Waals surface area (Å²) in [4.78, 5) is 26.4. The standard InChI is InChI=1S/C33H42N2O4/c1-5-6-7-8-9-10-15-22-39-29-21-20-26(23-30(29)38-4)31(34-32(36)27-18-13-11-16-24(27)2)35-33(37)28-19-14-12-17-25(28)3/h11-14,16-21,23,31H,5-10,15,22H2,1-4H3,(H,34,36)(H,35,37). The average Bonchev–Trinajstić information content (AvgIpc) is 2.94. The lowest BCUT2D eigenvalue weighted by atomic mass is 10.1. The summed E-state index contributed by atoms with van der Waals surface area (Å²) < 4.78 is 11.6. The lowest BCUT2D eigenvalue weighted by Gasteiger charge is -2.23. The fourth-order valence-corrected chi connectivity index (χ4v) is 4.50. The molecule has 0 unspecified atom stereocenters. The third-order valence-corrected chi connectivity index (χ3v) is 6.86. The van der Waals surface area contributed by atoms with Crippen molar-refractivity contribution in [3.8, 4) is 11.5 Å². The molecule has 0 radical (unpaired) electrons. The summed E-state index contributed by atoms with van der Waals surface area (Å²) in [6, 6.07) is 20.2. The van der Waals surface area contributed by atoms with Gasteiger partial charge in [-0.2, -0.15) is 0 Å². The third-order valence-electron chi connectivity index (χ3n) is 6.86. The minimum Gasteiger partial charge on any atom is -0.493 e. The Kier molecular flexibility index (Phi) is 11.9. The molecule has 0 fully saturated rings. The van der Waals surface area contributed by atoms with E-state index in [4.69, 9.17) is 9.47 Å². The maximum absolute atomic E-state index is 13.2. The normalized spacial score (nSPS) is 10.8. The van der Waals surface area contributed by atoms with Crippen LogP contribution in [0.3, 0.4) is 0 Å². The topological polar surface area (TPSA) is 76.7 Å². The zero-order chi connectivity index (χ0) is 28.0. The summed E-state index contributed by atoms with van der Waals surface area (Å²) in [5.41, 5.74) is 3.49. The van der Waals surface area contributed by atoms with E-state index >= 15 is 0 Å². The van der Waals surface area contributed by atoms with E-state index in [1.54, 1.807) is 25.3 Å². The van der Waals surface area contributed by atoms with Gasteiger partial charge in [-0.1, -0.05) is 87.9 Å². The maximum Gasteiger partial charge on any atom is 0.253 e. The van der Waals surface area contributed by atoms with Crippen molar-refractivity contribution >= 4 is 11.8 Å². The van der Waals surface area contributed by atoms with Crippen LogP contribution in [0.15, 0.2) is 66.7 Å². The number of hydrogen-bond acceptors (Lipinski definition) is 4. The van der Waals surface area contributed by atoms with E-state index in [0.717, 1.165) is 24.0 Å². The number of aryl methyl sites for hydroxylation is 2. The molecule has 0 atom stereocenters. The van der Waals surface area contributed by atoms with Gasteiger partial charge in [0.2, 0.25) is 0 Å². The number of hydrogen-bond donors (Lipinski definition) is 2. The summed E-state index contributed by atoms with van der Waals surface area (Å²) in [7, 11) is 1.59. The molecule has 0 bridgehead atoms. The minimum atomic E-state index is -0.782. The highest BCUT2D eigenvalue weighted by Crippen LogP contribution is 2.30. The van der Waals surface area contributed by atoms with Gasteiger partial charge in [0.1, 0.15) is 6.17 Å². The Hall–Kier alpha value is -3.80. The number of carbonyl (C=O) groups excluding carboxylic acids is 2. The molecule has 0 aliphatic heterocycles. The molecule has 0 spiro atoms. The zero-order valence-electron chi connectivity index (χ0n) is 23.7. The van der Waals surface area contributed by atoms with E-state index in [1.165, 1.54) is 32.1 Å². The summed E-state index contributed by atoms with van der Waals surface area (Å²) in [6.07, 6.45) is 7.70. The smallest absolute Gasteiger partial charge is 0.253 e. The monoisotopic (exact) mass is 530 g/mol. The van der Waals surface area contributed by atoms with Crippen molar-refractivity contribution in [2.24, 2.45) is 0 Å². The van der Waals surface area contributed by atoms with E-state index in [2.05, 4.69) is 17.6 Å². The molecule has 6 heteroatoms. The maximum atomic E-state index is 13.2. The van der Waals surface area contributed by atoms with Crippen molar-refractivity contribution in [2.75, 3.05) is 13.7 Å². The molecule has 0 heterocycles. The van der Waals surface area contributed by atoms with E-state index in [1.807, 2.05) is 62.4 Å². The van der Waals surface area contributed by atoms with E-state index in [0.29, 0.717) is 34.8 Å². The first kappa shape index (κ1) is 29.8. The molecule has 2 amide bonds. The lowest BCUT2D eigenvalue weighted by molar-refractivity contribution is 0.0882. The number of nitrogens with one attached hydrogen (secondary N) is 2. The highest BCUT2D eigenvalue weighted by Gasteiger charge is 2.22. The molecule has 3 aromatic rings. The molecule has 6 nitrogen and oxygen atoms in total. The number of benzene rings is 3. The van der Waals surface area contributed by atoms with Crippen molar-refractivity contribution in [1.29, 1.82) is 0 Å². The molecule has 3 aromatic carbocycles. The van der Waals surface area contributed by atoms with Gasteiger partial charge in [-0.25, -0.2) is 0 Å². The Labute approximate surface area is 233 Å². The lowest BCUT2D eigenvalue weighted by Crippen LogP contribution is -2.41. The van der Waals surface area contributed by atoms with Crippen molar-refractivity contribution in [1.82, 2.24) is 10.6 Å². The average molecular weight is 531 g/mol. The molecular formula is C33H42N2O4. The van der Waals surface area contributed by atoms with Crippen LogP contribution in [0.4, 0.5) is 0 Å². The molecule has 0 saturated carbocycles. The molecular weight excluding hydrogens is 488 g/mol. The van der Waals surface area contributed by atoms with Crippen LogP contribution in [-0.4, -0.2) is 25.5 Å². The van der Waals surface area contributed by atoms with Gasteiger partial charge in [-0.05, 0) is 61.2 Å². The Bertz CT molecular complexity index is 1160. The van der Waals surface area contributed by atoms with Gasteiger partial charge in [0.05, 0.1) is 13.7 Å². The van der Waals surface area contributed by atoms with Gasteiger partial charge < -0.3 is 20.1 Å². The van der Waals surface area contributed by atoms with Crippen LogP contribution in [0.25, 0.3) is 0 Å². The number of rotatable bonds is 15. The van der Waals surface area contributed by atoms with E-state index in [9.17, 15) is 9.59 Å².